The van der Waals surface area contributed by atoms with Gasteiger partial charge in [-0.2, -0.15) is 0 Å². The monoisotopic (exact) mass is 263 g/mol. The van der Waals surface area contributed by atoms with Crippen LogP contribution in [0.15, 0.2) is 47.1 Å². The summed E-state index contributed by atoms with van der Waals surface area (Å²) in [7, 11) is 0. The minimum absolute atomic E-state index is 0.0133. The largest absolute Gasteiger partial charge is 0.390 e. The number of aliphatic hydroxyl groups is 1. The van der Waals surface area contributed by atoms with Crippen LogP contribution < -0.4 is 0 Å². The maximum Gasteiger partial charge on any atom is 0.0852 e. The smallest absolute Gasteiger partial charge is 0.0852 e. The van der Waals surface area contributed by atoms with E-state index in [0.29, 0.717) is 5.69 Å². The summed E-state index contributed by atoms with van der Waals surface area (Å²) in [6, 6.07) is 11.8. The van der Waals surface area contributed by atoms with E-state index in [1.807, 2.05) is 36.4 Å². The van der Waals surface area contributed by atoms with Crippen molar-refractivity contribution < 1.29 is 5.11 Å². The molecule has 2 rings (SSSR count). The number of hydrogen-bond acceptors (Lipinski definition) is 2. The van der Waals surface area contributed by atoms with Gasteiger partial charge in [0.1, 0.15) is 0 Å². The number of hydrogen-bond donors (Lipinski definition) is 1. The maximum absolute atomic E-state index is 8.87. The Bertz CT molecular complexity index is 436. The average molecular weight is 264 g/mol. The van der Waals surface area contributed by atoms with Gasteiger partial charge < -0.3 is 5.11 Å². The number of aromatic nitrogens is 1. The van der Waals surface area contributed by atoms with E-state index < -0.39 is 0 Å². The molecule has 15 heavy (non-hydrogen) atoms. The number of rotatable bonds is 2. The molecule has 1 N–H and O–H groups in total. The number of aliphatic hydroxyl groups excluding tert-OH is 1. The van der Waals surface area contributed by atoms with Gasteiger partial charge >= 0.3 is 0 Å². The third-order valence-electron chi connectivity index (χ3n) is 2.16. The predicted octanol–water partition coefficient (Wildman–Crippen LogP) is 3.00. The fourth-order valence-corrected chi connectivity index (χ4v) is 1.60. The van der Waals surface area contributed by atoms with Gasteiger partial charge in [0.05, 0.1) is 12.3 Å². The Balaban J connectivity index is 2.33. The van der Waals surface area contributed by atoms with Crippen LogP contribution >= 0.6 is 15.9 Å². The van der Waals surface area contributed by atoms with E-state index in [-0.39, 0.29) is 6.61 Å². The van der Waals surface area contributed by atoms with Crippen LogP contribution in [0, 0.1) is 0 Å². The highest BCUT2D eigenvalue weighted by Gasteiger charge is 1.98. The Labute approximate surface area is 96.7 Å². The first-order valence-corrected chi connectivity index (χ1v) is 5.40. The van der Waals surface area contributed by atoms with Crippen molar-refractivity contribution in [2.45, 2.75) is 6.61 Å². The highest BCUT2D eigenvalue weighted by molar-refractivity contribution is 9.10. The van der Waals surface area contributed by atoms with Crippen molar-refractivity contribution in [3.8, 4) is 11.1 Å². The fourth-order valence-electron chi connectivity index (χ4n) is 1.33. The lowest BCUT2D eigenvalue weighted by atomic mass is 10.1. The summed E-state index contributed by atoms with van der Waals surface area (Å²) in [5.74, 6) is 0. The molecule has 0 spiro atoms. The minimum Gasteiger partial charge on any atom is -0.390 e. The van der Waals surface area contributed by atoms with Crippen LogP contribution in [0.5, 0.6) is 0 Å². The Morgan fingerprint density at radius 2 is 1.67 bits per heavy atom. The van der Waals surface area contributed by atoms with Gasteiger partial charge in [-0.1, -0.05) is 34.1 Å². The Morgan fingerprint density at radius 3 is 2.20 bits per heavy atom. The van der Waals surface area contributed by atoms with Gasteiger partial charge in [0.15, 0.2) is 0 Å². The molecule has 0 unspecified atom stereocenters. The molecule has 0 aliphatic heterocycles. The van der Waals surface area contributed by atoms with E-state index in [1.165, 1.54) is 0 Å². The van der Waals surface area contributed by atoms with E-state index in [9.17, 15) is 0 Å². The van der Waals surface area contributed by atoms with Crippen molar-refractivity contribution in [2.75, 3.05) is 0 Å². The van der Waals surface area contributed by atoms with Crippen LogP contribution in [0.1, 0.15) is 5.69 Å². The zero-order valence-electron chi connectivity index (χ0n) is 8.02. The topological polar surface area (TPSA) is 33.1 Å². The highest BCUT2D eigenvalue weighted by Crippen LogP contribution is 2.20. The molecular weight excluding hydrogens is 254 g/mol. The van der Waals surface area contributed by atoms with E-state index in [2.05, 4.69) is 20.9 Å². The van der Waals surface area contributed by atoms with Crippen molar-refractivity contribution in [1.29, 1.82) is 0 Å². The molecule has 0 atom stereocenters. The van der Waals surface area contributed by atoms with Crippen LogP contribution in [-0.4, -0.2) is 10.1 Å². The van der Waals surface area contributed by atoms with Crippen LogP contribution in [0.25, 0.3) is 11.1 Å². The molecule has 1 aromatic carbocycles. The van der Waals surface area contributed by atoms with Crippen LogP contribution in [0.2, 0.25) is 0 Å². The maximum atomic E-state index is 8.87. The van der Waals surface area contributed by atoms with Gasteiger partial charge in [0.2, 0.25) is 0 Å². The Hall–Kier alpha value is -1.19. The first-order valence-electron chi connectivity index (χ1n) is 4.61. The van der Waals surface area contributed by atoms with Gasteiger partial charge in [-0.3, -0.25) is 4.98 Å². The molecule has 2 nitrogen and oxygen atoms in total. The van der Waals surface area contributed by atoms with Gasteiger partial charge in [-0.15, -0.1) is 0 Å². The van der Waals surface area contributed by atoms with Crippen LogP contribution in [0.3, 0.4) is 0 Å². The van der Waals surface area contributed by atoms with Gasteiger partial charge in [-0.05, 0) is 23.8 Å². The first-order chi connectivity index (χ1) is 7.29. The minimum atomic E-state index is -0.0133. The predicted molar refractivity (Wildman–Crippen MR) is 63.3 cm³/mol. The normalized spacial score (nSPS) is 10.3. The molecule has 2 aromatic rings. The molecule has 1 aromatic heterocycles. The number of benzene rings is 1. The summed E-state index contributed by atoms with van der Waals surface area (Å²) in [4.78, 5) is 4.13. The molecule has 0 amide bonds. The van der Waals surface area contributed by atoms with E-state index in [0.717, 1.165) is 15.6 Å². The van der Waals surface area contributed by atoms with E-state index in [1.54, 1.807) is 6.20 Å². The Morgan fingerprint density at radius 1 is 1.00 bits per heavy atom. The molecule has 0 aliphatic rings. The second-order valence-electron chi connectivity index (χ2n) is 3.20. The average Bonchev–Trinajstić information content (AvgIpc) is 2.30. The van der Waals surface area contributed by atoms with Crippen molar-refractivity contribution >= 4 is 15.9 Å². The van der Waals surface area contributed by atoms with E-state index >= 15 is 0 Å². The SMILES string of the molecule is OCc1ccc(-c2ccc(Br)cc2)cn1. The molecule has 0 fully saturated rings. The van der Waals surface area contributed by atoms with Gasteiger partial charge in [0, 0.05) is 16.2 Å². The molecular formula is C12H10BrNO. The van der Waals surface area contributed by atoms with Crippen molar-refractivity contribution in [3.05, 3.63) is 52.8 Å². The van der Waals surface area contributed by atoms with Crippen molar-refractivity contribution in [3.63, 3.8) is 0 Å². The lowest BCUT2D eigenvalue weighted by molar-refractivity contribution is 0.277. The quantitative estimate of drug-likeness (QED) is 0.904. The lowest BCUT2D eigenvalue weighted by Crippen LogP contribution is -1.88. The molecule has 0 aliphatic carbocycles. The van der Waals surface area contributed by atoms with Gasteiger partial charge in [0.25, 0.3) is 0 Å². The molecule has 0 bridgehead atoms. The summed E-state index contributed by atoms with van der Waals surface area (Å²) >= 11 is 3.39. The molecule has 0 saturated carbocycles. The standard InChI is InChI=1S/C12H10BrNO/c13-11-4-1-9(2-5-11)10-3-6-12(8-15)14-7-10/h1-7,15H,8H2. The summed E-state index contributed by atoms with van der Waals surface area (Å²) in [6.45, 7) is -0.0133. The second-order valence-corrected chi connectivity index (χ2v) is 4.12. The van der Waals surface area contributed by atoms with Crippen molar-refractivity contribution in [2.24, 2.45) is 0 Å². The third-order valence-corrected chi connectivity index (χ3v) is 2.69. The lowest BCUT2D eigenvalue weighted by Gasteiger charge is -2.02. The number of pyridine rings is 1. The zero-order chi connectivity index (χ0) is 10.7. The first kappa shape index (κ1) is 10.3. The summed E-state index contributed by atoms with van der Waals surface area (Å²) in [5, 5.41) is 8.87. The number of halogens is 1. The molecule has 0 saturated heterocycles. The van der Waals surface area contributed by atoms with Gasteiger partial charge in [-0.25, -0.2) is 0 Å². The fraction of sp³-hybridized carbons (Fsp3) is 0.0833. The van der Waals surface area contributed by atoms with Crippen molar-refractivity contribution in [1.82, 2.24) is 4.98 Å². The zero-order valence-corrected chi connectivity index (χ0v) is 9.61. The summed E-state index contributed by atoms with van der Waals surface area (Å²) in [6.07, 6.45) is 1.77. The van der Waals surface area contributed by atoms with Crippen LogP contribution in [-0.2, 0) is 6.61 Å². The summed E-state index contributed by atoms with van der Waals surface area (Å²) < 4.78 is 1.06. The molecule has 1 heterocycles. The van der Waals surface area contributed by atoms with E-state index in [4.69, 9.17) is 5.11 Å². The highest BCUT2D eigenvalue weighted by atomic mass is 79.9. The van der Waals surface area contributed by atoms with Crippen LogP contribution in [0.4, 0.5) is 0 Å². The molecule has 0 radical (unpaired) electrons. The molecule has 76 valence electrons. The Kier molecular flexibility index (Phi) is 3.14. The third kappa shape index (κ3) is 2.43. The second kappa shape index (κ2) is 4.55. The molecule has 3 heteroatoms. The number of nitrogens with zero attached hydrogens (tertiary/aromatic N) is 1. The summed E-state index contributed by atoms with van der Waals surface area (Å²) in [5.41, 5.74) is 2.87.